The second kappa shape index (κ2) is 4.96. The average molecular weight is 236 g/mol. The van der Waals surface area contributed by atoms with Crippen molar-refractivity contribution >= 4 is 24.0 Å². The zero-order valence-corrected chi connectivity index (χ0v) is 9.17. The first-order valence-corrected chi connectivity index (χ1v) is 4.81. The molecule has 0 spiro atoms. The van der Waals surface area contributed by atoms with Crippen LogP contribution in [-0.2, 0) is 6.54 Å². The third-order valence-electron chi connectivity index (χ3n) is 2.17. The number of halogens is 3. The van der Waals surface area contributed by atoms with Gasteiger partial charge in [0.05, 0.1) is 0 Å². The van der Waals surface area contributed by atoms with Crippen molar-refractivity contribution in [3.05, 3.63) is 34.6 Å². The molecule has 0 radical (unpaired) electrons. The number of hydrogen-bond donors (Lipinski definition) is 1. The van der Waals surface area contributed by atoms with Crippen LogP contribution >= 0.6 is 24.0 Å². The van der Waals surface area contributed by atoms with Gasteiger partial charge in [0, 0.05) is 23.2 Å². The SMILES string of the molecule is Cl.Fc1cc(Cl)ccc1CNC1CC1. The molecule has 0 unspecified atom stereocenters. The van der Waals surface area contributed by atoms with Gasteiger partial charge in [-0.3, -0.25) is 0 Å². The monoisotopic (exact) mass is 235 g/mol. The van der Waals surface area contributed by atoms with E-state index in [1.54, 1.807) is 12.1 Å². The molecule has 1 aromatic carbocycles. The van der Waals surface area contributed by atoms with E-state index in [0.717, 1.165) is 0 Å². The lowest BCUT2D eigenvalue weighted by molar-refractivity contribution is 0.587. The summed E-state index contributed by atoms with van der Waals surface area (Å²) in [6, 6.07) is 5.41. The lowest BCUT2D eigenvalue weighted by atomic mass is 10.2. The molecule has 0 saturated heterocycles. The minimum Gasteiger partial charge on any atom is -0.310 e. The van der Waals surface area contributed by atoms with Crippen molar-refractivity contribution in [3.63, 3.8) is 0 Å². The molecule has 0 atom stereocenters. The van der Waals surface area contributed by atoms with E-state index in [-0.39, 0.29) is 18.2 Å². The molecule has 1 nitrogen and oxygen atoms in total. The molecule has 0 aromatic heterocycles. The molecule has 0 heterocycles. The van der Waals surface area contributed by atoms with Crippen molar-refractivity contribution in [1.29, 1.82) is 0 Å². The Labute approximate surface area is 94.1 Å². The first-order valence-electron chi connectivity index (χ1n) is 4.43. The van der Waals surface area contributed by atoms with Crippen molar-refractivity contribution in [1.82, 2.24) is 5.32 Å². The van der Waals surface area contributed by atoms with E-state index < -0.39 is 0 Å². The molecule has 1 aliphatic rings. The van der Waals surface area contributed by atoms with Crippen LogP contribution in [0.25, 0.3) is 0 Å². The number of rotatable bonds is 3. The van der Waals surface area contributed by atoms with Crippen LogP contribution in [-0.4, -0.2) is 6.04 Å². The van der Waals surface area contributed by atoms with E-state index in [9.17, 15) is 4.39 Å². The van der Waals surface area contributed by atoms with Crippen LogP contribution in [0.1, 0.15) is 18.4 Å². The Balaban J connectivity index is 0.000000980. The smallest absolute Gasteiger partial charge is 0.129 e. The van der Waals surface area contributed by atoms with E-state index in [1.165, 1.54) is 18.9 Å². The second-order valence-electron chi connectivity index (χ2n) is 3.39. The van der Waals surface area contributed by atoms with Crippen LogP contribution in [0, 0.1) is 5.82 Å². The molecule has 1 fully saturated rings. The highest BCUT2D eigenvalue weighted by Gasteiger charge is 2.20. The molecule has 78 valence electrons. The van der Waals surface area contributed by atoms with Gasteiger partial charge in [-0.05, 0) is 25.0 Å². The first-order chi connectivity index (χ1) is 6.25. The summed E-state index contributed by atoms with van der Waals surface area (Å²) in [7, 11) is 0. The Morgan fingerprint density at radius 2 is 2.14 bits per heavy atom. The summed E-state index contributed by atoms with van der Waals surface area (Å²) in [5.74, 6) is -0.222. The van der Waals surface area contributed by atoms with Gasteiger partial charge in [0.2, 0.25) is 0 Å². The van der Waals surface area contributed by atoms with Crippen LogP contribution in [0.2, 0.25) is 5.02 Å². The summed E-state index contributed by atoms with van der Waals surface area (Å²) in [5, 5.41) is 3.70. The van der Waals surface area contributed by atoms with Crippen LogP contribution in [0.3, 0.4) is 0 Å². The molecule has 1 aliphatic carbocycles. The highest BCUT2D eigenvalue weighted by molar-refractivity contribution is 6.30. The minimum atomic E-state index is -0.222. The summed E-state index contributed by atoms with van der Waals surface area (Å²) in [4.78, 5) is 0. The minimum absolute atomic E-state index is 0. The maximum Gasteiger partial charge on any atom is 0.129 e. The molecule has 1 aromatic rings. The standard InChI is InChI=1S/C10H11ClFN.ClH/c11-8-2-1-7(10(12)5-8)6-13-9-3-4-9;/h1-2,5,9,13H,3-4,6H2;1H. The maximum absolute atomic E-state index is 13.2. The molecular formula is C10H12Cl2FN. The van der Waals surface area contributed by atoms with Gasteiger partial charge in [0.1, 0.15) is 5.82 Å². The van der Waals surface area contributed by atoms with Crippen LogP contribution in [0.4, 0.5) is 4.39 Å². The van der Waals surface area contributed by atoms with Gasteiger partial charge >= 0.3 is 0 Å². The van der Waals surface area contributed by atoms with E-state index in [0.29, 0.717) is 23.2 Å². The fourth-order valence-electron chi connectivity index (χ4n) is 1.21. The molecule has 4 heteroatoms. The lowest BCUT2D eigenvalue weighted by Crippen LogP contribution is -2.16. The van der Waals surface area contributed by atoms with Crippen LogP contribution in [0.5, 0.6) is 0 Å². The average Bonchev–Trinajstić information content (AvgIpc) is 2.86. The first kappa shape index (κ1) is 11.8. The molecule has 0 amide bonds. The molecule has 14 heavy (non-hydrogen) atoms. The summed E-state index contributed by atoms with van der Waals surface area (Å²) >= 11 is 5.63. The van der Waals surface area contributed by atoms with Gasteiger partial charge in [0.15, 0.2) is 0 Å². The maximum atomic E-state index is 13.2. The topological polar surface area (TPSA) is 12.0 Å². The predicted molar refractivity (Wildman–Crippen MR) is 58.5 cm³/mol. The molecular weight excluding hydrogens is 224 g/mol. The molecule has 2 rings (SSSR count). The Bertz CT molecular complexity index is 313. The Morgan fingerprint density at radius 3 is 2.71 bits per heavy atom. The Morgan fingerprint density at radius 1 is 1.43 bits per heavy atom. The van der Waals surface area contributed by atoms with E-state index in [1.807, 2.05) is 0 Å². The van der Waals surface area contributed by atoms with E-state index in [4.69, 9.17) is 11.6 Å². The molecule has 1 saturated carbocycles. The van der Waals surface area contributed by atoms with Crippen LogP contribution < -0.4 is 5.32 Å². The summed E-state index contributed by atoms with van der Waals surface area (Å²) < 4.78 is 13.2. The van der Waals surface area contributed by atoms with Crippen LogP contribution in [0.15, 0.2) is 18.2 Å². The Kier molecular flexibility index (Phi) is 4.17. The fourth-order valence-corrected chi connectivity index (χ4v) is 1.37. The molecule has 0 aliphatic heterocycles. The third-order valence-corrected chi connectivity index (χ3v) is 2.41. The van der Waals surface area contributed by atoms with Crippen molar-refractivity contribution in [2.45, 2.75) is 25.4 Å². The lowest BCUT2D eigenvalue weighted by Gasteiger charge is -2.04. The summed E-state index contributed by atoms with van der Waals surface area (Å²) in [5.41, 5.74) is 0.691. The Hall–Kier alpha value is -0.310. The van der Waals surface area contributed by atoms with Crippen molar-refractivity contribution < 1.29 is 4.39 Å². The highest BCUT2D eigenvalue weighted by atomic mass is 35.5. The molecule has 1 N–H and O–H groups in total. The zero-order valence-electron chi connectivity index (χ0n) is 7.59. The van der Waals surface area contributed by atoms with Crippen molar-refractivity contribution in [2.24, 2.45) is 0 Å². The van der Waals surface area contributed by atoms with Gasteiger partial charge in [-0.1, -0.05) is 17.7 Å². The zero-order chi connectivity index (χ0) is 9.26. The molecule has 0 bridgehead atoms. The van der Waals surface area contributed by atoms with E-state index in [2.05, 4.69) is 5.32 Å². The summed E-state index contributed by atoms with van der Waals surface area (Å²) in [6.07, 6.45) is 2.43. The van der Waals surface area contributed by atoms with Crippen molar-refractivity contribution in [2.75, 3.05) is 0 Å². The number of nitrogens with one attached hydrogen (secondary N) is 1. The third kappa shape index (κ3) is 3.12. The normalized spacial score (nSPS) is 15.0. The fraction of sp³-hybridized carbons (Fsp3) is 0.400. The second-order valence-corrected chi connectivity index (χ2v) is 3.83. The van der Waals surface area contributed by atoms with Crippen molar-refractivity contribution in [3.8, 4) is 0 Å². The number of hydrogen-bond acceptors (Lipinski definition) is 1. The largest absolute Gasteiger partial charge is 0.310 e. The van der Waals surface area contributed by atoms with Gasteiger partial charge in [-0.25, -0.2) is 4.39 Å². The summed E-state index contributed by atoms with van der Waals surface area (Å²) in [6.45, 7) is 0.605. The predicted octanol–water partition coefficient (Wildman–Crippen LogP) is 3.15. The number of benzene rings is 1. The van der Waals surface area contributed by atoms with Gasteiger partial charge in [0.25, 0.3) is 0 Å². The van der Waals surface area contributed by atoms with Gasteiger partial charge in [-0.15, -0.1) is 12.4 Å². The van der Waals surface area contributed by atoms with E-state index >= 15 is 0 Å². The van der Waals surface area contributed by atoms with Gasteiger partial charge < -0.3 is 5.32 Å². The highest BCUT2D eigenvalue weighted by Crippen LogP contribution is 2.20. The quantitative estimate of drug-likeness (QED) is 0.849. The van der Waals surface area contributed by atoms with Gasteiger partial charge in [-0.2, -0.15) is 0 Å².